The summed E-state index contributed by atoms with van der Waals surface area (Å²) < 4.78 is 34.0. The lowest BCUT2D eigenvalue weighted by molar-refractivity contribution is 0.134. The Morgan fingerprint density at radius 3 is 2.90 bits per heavy atom. The second kappa shape index (κ2) is 4.92. The Labute approximate surface area is 117 Å². The third-order valence-electron chi connectivity index (χ3n) is 3.23. The van der Waals surface area contributed by atoms with Crippen molar-refractivity contribution in [3.63, 3.8) is 0 Å². The van der Waals surface area contributed by atoms with Gasteiger partial charge in [-0.3, -0.25) is 9.40 Å². The van der Waals surface area contributed by atoms with Crippen molar-refractivity contribution in [2.24, 2.45) is 0 Å². The number of nitrogens with zero attached hydrogens (tertiary/aromatic N) is 2. The van der Waals surface area contributed by atoms with Crippen LogP contribution in [0.2, 0.25) is 0 Å². The van der Waals surface area contributed by atoms with Gasteiger partial charge >= 0.3 is 0 Å². The fourth-order valence-electron chi connectivity index (χ4n) is 2.23. The molecule has 3 rings (SSSR count). The normalized spacial score (nSPS) is 14.2. The van der Waals surface area contributed by atoms with Crippen LogP contribution in [0, 0.1) is 0 Å². The number of aromatic nitrogens is 2. The molecule has 7 heteroatoms. The molecule has 0 fully saturated rings. The van der Waals surface area contributed by atoms with Gasteiger partial charge in [-0.2, -0.15) is 13.5 Å². The number of anilines is 1. The lowest BCUT2D eigenvalue weighted by atomic mass is 10.1. The Balaban J connectivity index is 1.90. The molecule has 0 radical (unpaired) electrons. The molecule has 1 aliphatic rings. The maximum atomic E-state index is 12.3. The highest BCUT2D eigenvalue weighted by atomic mass is 32.2. The first-order valence-corrected chi connectivity index (χ1v) is 7.82. The monoisotopic (exact) mass is 293 g/mol. The molecule has 0 unspecified atom stereocenters. The summed E-state index contributed by atoms with van der Waals surface area (Å²) in [5.41, 5.74) is 2.67. The molecule has 20 heavy (non-hydrogen) atoms. The summed E-state index contributed by atoms with van der Waals surface area (Å²) in [5, 5.41) is 4.14. The summed E-state index contributed by atoms with van der Waals surface area (Å²) in [4.78, 5) is 0. The summed E-state index contributed by atoms with van der Waals surface area (Å²) in [6.45, 7) is 3.46. The van der Waals surface area contributed by atoms with Crippen molar-refractivity contribution in [2.45, 2.75) is 31.7 Å². The van der Waals surface area contributed by atoms with E-state index in [1.807, 2.05) is 19.1 Å². The SMILES string of the molecule is CCn1nccc1S(=O)(=O)Nc1ccc2c(c1)COC2. The maximum absolute atomic E-state index is 12.3. The Kier molecular flexibility index (Phi) is 3.23. The van der Waals surface area contributed by atoms with Crippen molar-refractivity contribution < 1.29 is 13.2 Å². The van der Waals surface area contributed by atoms with Gasteiger partial charge in [0.25, 0.3) is 10.0 Å². The average Bonchev–Trinajstić information content (AvgIpc) is 3.06. The van der Waals surface area contributed by atoms with E-state index in [0.29, 0.717) is 25.4 Å². The van der Waals surface area contributed by atoms with Crippen LogP contribution in [0.5, 0.6) is 0 Å². The van der Waals surface area contributed by atoms with Crippen molar-refractivity contribution in [3.8, 4) is 0 Å². The van der Waals surface area contributed by atoms with Gasteiger partial charge < -0.3 is 4.74 Å². The molecule has 2 aromatic rings. The molecule has 0 bridgehead atoms. The van der Waals surface area contributed by atoms with Crippen LogP contribution in [-0.2, 0) is 34.5 Å². The first kappa shape index (κ1) is 13.1. The van der Waals surface area contributed by atoms with Gasteiger partial charge in [0.05, 0.1) is 19.4 Å². The predicted octanol–water partition coefficient (Wildman–Crippen LogP) is 1.73. The van der Waals surface area contributed by atoms with Gasteiger partial charge in [-0.25, -0.2) is 0 Å². The van der Waals surface area contributed by atoms with E-state index in [1.54, 1.807) is 6.07 Å². The van der Waals surface area contributed by atoms with Crippen molar-refractivity contribution in [1.29, 1.82) is 0 Å². The molecule has 0 atom stereocenters. The molecule has 0 spiro atoms. The quantitative estimate of drug-likeness (QED) is 0.931. The third-order valence-corrected chi connectivity index (χ3v) is 4.63. The van der Waals surface area contributed by atoms with Gasteiger partial charge in [-0.15, -0.1) is 0 Å². The average molecular weight is 293 g/mol. The molecular weight excluding hydrogens is 278 g/mol. The van der Waals surface area contributed by atoms with Gasteiger partial charge in [0.1, 0.15) is 0 Å². The first-order chi connectivity index (χ1) is 9.60. The zero-order valence-electron chi connectivity index (χ0n) is 11.0. The highest BCUT2D eigenvalue weighted by molar-refractivity contribution is 7.92. The van der Waals surface area contributed by atoms with Crippen LogP contribution in [-0.4, -0.2) is 18.2 Å². The van der Waals surface area contributed by atoms with Crippen LogP contribution in [0.25, 0.3) is 0 Å². The molecule has 1 N–H and O–H groups in total. The van der Waals surface area contributed by atoms with Crippen molar-refractivity contribution in [3.05, 3.63) is 41.6 Å². The van der Waals surface area contributed by atoms with Crippen LogP contribution >= 0.6 is 0 Å². The summed E-state index contributed by atoms with van der Waals surface area (Å²) in [5.74, 6) is 0. The second-order valence-corrected chi connectivity index (χ2v) is 6.20. The van der Waals surface area contributed by atoms with E-state index in [-0.39, 0.29) is 5.03 Å². The highest BCUT2D eigenvalue weighted by Gasteiger charge is 2.20. The fraction of sp³-hybridized carbons (Fsp3) is 0.308. The first-order valence-electron chi connectivity index (χ1n) is 6.34. The minimum atomic E-state index is -3.62. The summed E-state index contributed by atoms with van der Waals surface area (Å²) in [6, 6.07) is 6.93. The number of fused-ring (bicyclic) bond motifs is 1. The van der Waals surface area contributed by atoms with E-state index in [4.69, 9.17) is 4.74 Å². The standard InChI is InChI=1S/C13H15N3O3S/c1-2-16-13(5-6-14-16)20(17,18)15-12-4-3-10-8-19-9-11(10)7-12/h3-7,15H,2,8-9H2,1H3. The third kappa shape index (κ3) is 2.30. The molecule has 2 heterocycles. The van der Waals surface area contributed by atoms with Crippen LogP contribution in [0.15, 0.2) is 35.5 Å². The van der Waals surface area contributed by atoms with Gasteiger partial charge in [-0.05, 0) is 36.2 Å². The lowest BCUT2D eigenvalue weighted by Crippen LogP contribution is -2.17. The number of hydrogen-bond acceptors (Lipinski definition) is 4. The largest absolute Gasteiger partial charge is 0.372 e. The van der Waals surface area contributed by atoms with Crippen molar-refractivity contribution in [1.82, 2.24) is 9.78 Å². The molecule has 1 aliphatic heterocycles. The maximum Gasteiger partial charge on any atom is 0.279 e. The number of ether oxygens (including phenoxy) is 1. The van der Waals surface area contributed by atoms with Gasteiger partial charge in [0.2, 0.25) is 0 Å². The zero-order chi connectivity index (χ0) is 14.2. The molecule has 0 saturated heterocycles. The van der Waals surface area contributed by atoms with Crippen molar-refractivity contribution >= 4 is 15.7 Å². The Hall–Kier alpha value is -1.86. The number of hydrogen-bond donors (Lipinski definition) is 1. The van der Waals surface area contributed by atoms with Crippen LogP contribution in [0.1, 0.15) is 18.1 Å². The van der Waals surface area contributed by atoms with Crippen LogP contribution < -0.4 is 4.72 Å². The van der Waals surface area contributed by atoms with Crippen LogP contribution in [0.3, 0.4) is 0 Å². The van der Waals surface area contributed by atoms with Gasteiger partial charge in [-0.1, -0.05) is 6.07 Å². The lowest BCUT2D eigenvalue weighted by Gasteiger charge is -2.10. The number of sulfonamides is 1. The number of nitrogens with one attached hydrogen (secondary N) is 1. The molecule has 1 aromatic heterocycles. The summed E-state index contributed by atoms with van der Waals surface area (Å²) >= 11 is 0. The molecule has 0 saturated carbocycles. The van der Waals surface area contributed by atoms with E-state index in [0.717, 1.165) is 11.1 Å². The van der Waals surface area contributed by atoms with E-state index in [2.05, 4.69) is 9.82 Å². The van der Waals surface area contributed by atoms with Crippen molar-refractivity contribution in [2.75, 3.05) is 4.72 Å². The molecule has 1 aromatic carbocycles. The van der Waals surface area contributed by atoms with Gasteiger partial charge in [0.15, 0.2) is 5.03 Å². The zero-order valence-corrected chi connectivity index (χ0v) is 11.9. The van der Waals surface area contributed by atoms with Gasteiger partial charge in [0, 0.05) is 12.2 Å². The molecule has 6 nitrogen and oxygen atoms in total. The fourth-order valence-corrected chi connectivity index (χ4v) is 3.46. The molecular formula is C13H15N3O3S. The molecule has 106 valence electrons. The van der Waals surface area contributed by atoms with E-state index in [1.165, 1.54) is 16.9 Å². The number of aryl methyl sites for hydroxylation is 1. The summed E-state index contributed by atoms with van der Waals surface area (Å²) in [7, 11) is -3.62. The van der Waals surface area contributed by atoms with E-state index < -0.39 is 10.0 Å². The highest BCUT2D eigenvalue weighted by Crippen LogP contribution is 2.24. The summed E-state index contributed by atoms with van der Waals surface area (Å²) in [6.07, 6.45) is 1.48. The smallest absolute Gasteiger partial charge is 0.279 e. The topological polar surface area (TPSA) is 73.2 Å². The predicted molar refractivity (Wildman–Crippen MR) is 73.6 cm³/mol. The Bertz CT molecular complexity index is 737. The van der Waals surface area contributed by atoms with Crippen LogP contribution in [0.4, 0.5) is 5.69 Å². The van der Waals surface area contributed by atoms with E-state index >= 15 is 0 Å². The number of benzene rings is 1. The molecule has 0 aliphatic carbocycles. The Morgan fingerprint density at radius 2 is 2.10 bits per heavy atom. The minimum Gasteiger partial charge on any atom is -0.372 e. The second-order valence-electron chi connectivity index (χ2n) is 4.57. The molecule has 0 amide bonds. The number of rotatable bonds is 4. The Morgan fingerprint density at radius 1 is 1.30 bits per heavy atom. The van der Waals surface area contributed by atoms with E-state index in [9.17, 15) is 8.42 Å². The minimum absolute atomic E-state index is 0.164.